The van der Waals surface area contributed by atoms with Gasteiger partial charge in [0.25, 0.3) is 0 Å². The number of rotatable bonds is 5. The second-order valence-corrected chi connectivity index (χ2v) is 8.94. The number of anilines is 1. The zero-order valence-electron chi connectivity index (χ0n) is 15.7. The van der Waals surface area contributed by atoms with Crippen molar-refractivity contribution in [3.05, 3.63) is 53.2 Å². The van der Waals surface area contributed by atoms with Crippen molar-refractivity contribution in [1.29, 1.82) is 0 Å². The van der Waals surface area contributed by atoms with E-state index in [0.29, 0.717) is 18.9 Å². The summed E-state index contributed by atoms with van der Waals surface area (Å²) in [5.74, 6) is 0.677. The Morgan fingerprint density at radius 1 is 1.08 bits per heavy atom. The van der Waals surface area contributed by atoms with E-state index in [4.69, 9.17) is 0 Å². The zero-order chi connectivity index (χ0) is 18.7. The Morgan fingerprint density at radius 2 is 1.81 bits per heavy atom. The first-order valence-electron chi connectivity index (χ1n) is 9.18. The van der Waals surface area contributed by atoms with Crippen LogP contribution in [0.5, 0.6) is 0 Å². The molecule has 1 aliphatic rings. The predicted molar refractivity (Wildman–Crippen MR) is 105 cm³/mol. The van der Waals surface area contributed by atoms with E-state index < -0.39 is 10.0 Å². The molecule has 140 valence electrons. The van der Waals surface area contributed by atoms with Gasteiger partial charge in [-0.1, -0.05) is 24.6 Å². The first kappa shape index (κ1) is 18.9. The molecule has 1 aromatic heterocycles. The second kappa shape index (κ2) is 7.76. The van der Waals surface area contributed by atoms with E-state index in [2.05, 4.69) is 49.3 Å². The van der Waals surface area contributed by atoms with Crippen molar-refractivity contribution in [3.8, 4) is 0 Å². The number of hydrogen-bond acceptors (Lipinski definition) is 4. The summed E-state index contributed by atoms with van der Waals surface area (Å²) in [5.41, 5.74) is 3.74. The molecule has 1 saturated heterocycles. The third kappa shape index (κ3) is 3.91. The van der Waals surface area contributed by atoms with E-state index in [1.54, 1.807) is 16.4 Å². The smallest absolute Gasteiger partial charge is 0.244 e. The van der Waals surface area contributed by atoms with E-state index >= 15 is 0 Å². The standard InChI is InChI=1S/C20H27N3O2S/c1-15-8-7-9-19(16(15)2)17(3)22-20-11-10-18(14-21-20)26(24,25)23-12-5-4-6-13-23/h7-11,14,17H,4-6,12-13H2,1-3H3,(H,21,22). The highest BCUT2D eigenvalue weighted by Crippen LogP contribution is 2.25. The van der Waals surface area contributed by atoms with Crippen LogP contribution in [0.3, 0.4) is 0 Å². The van der Waals surface area contributed by atoms with Crippen LogP contribution in [0, 0.1) is 13.8 Å². The molecule has 1 aromatic carbocycles. The molecule has 3 rings (SSSR count). The normalized spacial score (nSPS) is 17.0. The van der Waals surface area contributed by atoms with Crippen LogP contribution < -0.4 is 5.32 Å². The number of aromatic nitrogens is 1. The lowest BCUT2D eigenvalue weighted by Crippen LogP contribution is -2.35. The van der Waals surface area contributed by atoms with E-state index in [0.717, 1.165) is 19.3 Å². The van der Waals surface area contributed by atoms with E-state index in [9.17, 15) is 8.42 Å². The topological polar surface area (TPSA) is 62.3 Å². The fraction of sp³-hybridized carbons (Fsp3) is 0.450. The first-order valence-corrected chi connectivity index (χ1v) is 10.6. The van der Waals surface area contributed by atoms with E-state index in [-0.39, 0.29) is 10.9 Å². The van der Waals surface area contributed by atoms with Gasteiger partial charge in [-0.15, -0.1) is 0 Å². The lowest BCUT2D eigenvalue weighted by atomic mass is 9.98. The Hall–Kier alpha value is -1.92. The molecule has 26 heavy (non-hydrogen) atoms. The third-order valence-electron chi connectivity index (χ3n) is 5.17. The lowest BCUT2D eigenvalue weighted by molar-refractivity contribution is 0.346. The molecule has 1 N–H and O–H groups in total. The molecule has 2 heterocycles. The van der Waals surface area contributed by atoms with Gasteiger partial charge in [0.15, 0.2) is 0 Å². The fourth-order valence-electron chi connectivity index (χ4n) is 3.42. The van der Waals surface area contributed by atoms with Crippen LogP contribution in [0.25, 0.3) is 0 Å². The summed E-state index contributed by atoms with van der Waals surface area (Å²) in [4.78, 5) is 4.61. The average molecular weight is 374 g/mol. The van der Waals surface area contributed by atoms with Gasteiger partial charge in [0.1, 0.15) is 10.7 Å². The average Bonchev–Trinajstić information content (AvgIpc) is 2.65. The van der Waals surface area contributed by atoms with Crippen LogP contribution in [0.15, 0.2) is 41.4 Å². The van der Waals surface area contributed by atoms with Crippen LogP contribution in [0.1, 0.15) is 48.9 Å². The molecule has 0 spiro atoms. The molecule has 0 radical (unpaired) electrons. The third-order valence-corrected chi connectivity index (χ3v) is 7.05. The molecule has 5 nitrogen and oxygen atoms in total. The van der Waals surface area contributed by atoms with Crippen molar-refractivity contribution < 1.29 is 8.42 Å². The van der Waals surface area contributed by atoms with Gasteiger partial charge in [-0.2, -0.15) is 4.31 Å². The summed E-state index contributed by atoms with van der Waals surface area (Å²) < 4.78 is 26.9. The largest absolute Gasteiger partial charge is 0.364 e. The van der Waals surface area contributed by atoms with Crippen LogP contribution in [0.2, 0.25) is 0 Å². The van der Waals surface area contributed by atoms with E-state index in [1.165, 1.54) is 22.9 Å². The highest BCUT2D eigenvalue weighted by atomic mass is 32.2. The maximum atomic E-state index is 12.7. The fourth-order valence-corrected chi connectivity index (χ4v) is 4.88. The Kier molecular flexibility index (Phi) is 5.63. The first-order chi connectivity index (χ1) is 12.4. The predicted octanol–water partition coefficient (Wildman–Crippen LogP) is 4.05. The summed E-state index contributed by atoms with van der Waals surface area (Å²) in [6, 6.07) is 9.75. The molecule has 1 unspecified atom stereocenters. The molecular formula is C20H27N3O2S. The molecule has 6 heteroatoms. The van der Waals surface area contributed by atoms with Crippen molar-refractivity contribution in [2.24, 2.45) is 0 Å². The summed E-state index contributed by atoms with van der Waals surface area (Å²) in [5, 5.41) is 3.36. The van der Waals surface area contributed by atoms with Crippen molar-refractivity contribution in [3.63, 3.8) is 0 Å². The Bertz CT molecular complexity index is 857. The van der Waals surface area contributed by atoms with Gasteiger partial charge in [-0.3, -0.25) is 0 Å². The number of nitrogens with one attached hydrogen (secondary N) is 1. The van der Waals surface area contributed by atoms with Crippen LogP contribution in [0.4, 0.5) is 5.82 Å². The Balaban J connectivity index is 1.74. The summed E-state index contributed by atoms with van der Waals surface area (Å²) in [6.07, 6.45) is 4.42. The zero-order valence-corrected chi connectivity index (χ0v) is 16.5. The SMILES string of the molecule is Cc1cccc(C(C)Nc2ccc(S(=O)(=O)N3CCCCC3)cn2)c1C. The maximum Gasteiger partial charge on any atom is 0.244 e. The summed E-state index contributed by atoms with van der Waals surface area (Å²) >= 11 is 0. The van der Waals surface area contributed by atoms with Crippen molar-refractivity contribution in [1.82, 2.24) is 9.29 Å². The second-order valence-electron chi connectivity index (χ2n) is 7.00. The van der Waals surface area contributed by atoms with Gasteiger partial charge in [0.2, 0.25) is 10.0 Å². The minimum Gasteiger partial charge on any atom is -0.364 e. The number of sulfonamides is 1. The lowest BCUT2D eigenvalue weighted by Gasteiger charge is -2.25. The van der Waals surface area contributed by atoms with Gasteiger partial charge >= 0.3 is 0 Å². The molecule has 0 bridgehead atoms. The molecule has 2 aromatic rings. The van der Waals surface area contributed by atoms with Crippen molar-refractivity contribution in [2.45, 2.75) is 51.0 Å². The maximum absolute atomic E-state index is 12.7. The van der Waals surface area contributed by atoms with Gasteiger partial charge in [0, 0.05) is 19.3 Å². The highest BCUT2D eigenvalue weighted by molar-refractivity contribution is 7.89. The molecule has 0 aliphatic carbocycles. The monoisotopic (exact) mass is 373 g/mol. The highest BCUT2D eigenvalue weighted by Gasteiger charge is 2.26. The molecule has 1 fully saturated rings. The van der Waals surface area contributed by atoms with Crippen LogP contribution in [-0.4, -0.2) is 30.8 Å². The number of nitrogens with zero attached hydrogens (tertiary/aromatic N) is 2. The molecule has 0 saturated carbocycles. The van der Waals surface area contributed by atoms with Gasteiger partial charge < -0.3 is 5.32 Å². The Morgan fingerprint density at radius 3 is 2.46 bits per heavy atom. The molecule has 1 atom stereocenters. The number of aryl methyl sites for hydroxylation is 1. The van der Waals surface area contributed by atoms with Crippen molar-refractivity contribution in [2.75, 3.05) is 18.4 Å². The molecule has 1 aliphatic heterocycles. The minimum atomic E-state index is -3.43. The minimum absolute atomic E-state index is 0.0898. The van der Waals surface area contributed by atoms with Gasteiger partial charge in [0.05, 0.1) is 6.04 Å². The molecular weight excluding hydrogens is 346 g/mol. The van der Waals surface area contributed by atoms with Crippen LogP contribution >= 0.6 is 0 Å². The van der Waals surface area contributed by atoms with E-state index in [1.807, 2.05) is 0 Å². The summed E-state index contributed by atoms with van der Waals surface area (Å²) in [7, 11) is -3.43. The van der Waals surface area contributed by atoms with Gasteiger partial charge in [-0.05, 0) is 62.4 Å². The summed E-state index contributed by atoms with van der Waals surface area (Å²) in [6.45, 7) is 7.51. The number of piperidine rings is 1. The van der Waals surface area contributed by atoms with Crippen LogP contribution in [-0.2, 0) is 10.0 Å². The number of hydrogen-bond donors (Lipinski definition) is 1. The number of benzene rings is 1. The molecule has 0 amide bonds. The quantitative estimate of drug-likeness (QED) is 0.859. The Labute approximate surface area is 156 Å². The van der Waals surface area contributed by atoms with Gasteiger partial charge in [-0.25, -0.2) is 13.4 Å². The number of pyridine rings is 1. The van der Waals surface area contributed by atoms with Crippen molar-refractivity contribution >= 4 is 15.8 Å².